The molecule has 0 fully saturated rings. The minimum Gasteiger partial charge on any atom is -0.480 e. The molecule has 4 unspecified atom stereocenters. The Balaban J connectivity index is 1.93. The quantitative estimate of drug-likeness (QED) is 0.0442. The SMILES string of the molecule is CC1=C(/C=C/C(C)=C/C=C/C(C)=C/C=C/C=C(C)/C=C/C=C(C)/C=C/C2=C(C)C(=O)C(OC(=O)NCCCC(N)C(=O)O)CC2(C)C)C(C)(C)CC(OC(=O)NCCCC(N)C(=O)O)C1=O. The first-order valence-electron chi connectivity index (χ1n) is 22.3. The fourth-order valence-corrected chi connectivity index (χ4v) is 7.37. The van der Waals surface area contributed by atoms with Gasteiger partial charge in [0.15, 0.2) is 23.8 Å². The smallest absolute Gasteiger partial charge is 0.407 e. The highest BCUT2D eigenvalue weighted by Gasteiger charge is 2.41. The summed E-state index contributed by atoms with van der Waals surface area (Å²) < 4.78 is 10.9. The Labute approximate surface area is 390 Å². The second kappa shape index (κ2) is 26.7. The van der Waals surface area contributed by atoms with Crippen molar-refractivity contribution < 1.29 is 48.5 Å². The Morgan fingerprint density at radius 3 is 1.26 bits per heavy atom. The molecule has 0 radical (unpaired) electrons. The van der Waals surface area contributed by atoms with Crippen LogP contribution in [0.5, 0.6) is 0 Å². The van der Waals surface area contributed by atoms with Gasteiger partial charge in [0, 0.05) is 25.9 Å². The molecule has 360 valence electrons. The molecule has 0 bridgehead atoms. The summed E-state index contributed by atoms with van der Waals surface area (Å²) in [4.78, 5) is 72.8. The second-order valence-corrected chi connectivity index (χ2v) is 18.2. The van der Waals surface area contributed by atoms with E-state index in [1.807, 2.05) is 140 Å². The Morgan fingerprint density at radius 2 is 0.924 bits per heavy atom. The fraction of sp³-hybridized carbons (Fsp3) is 0.462. The Kier molecular flexibility index (Phi) is 22.7. The van der Waals surface area contributed by atoms with Gasteiger partial charge < -0.3 is 41.8 Å². The molecular weight excluding hydrogens is 841 g/mol. The lowest BCUT2D eigenvalue weighted by molar-refractivity contribution is -0.139. The Bertz CT molecular complexity index is 2010. The van der Waals surface area contributed by atoms with E-state index in [2.05, 4.69) is 10.6 Å². The van der Waals surface area contributed by atoms with Gasteiger partial charge in [-0.05, 0) is 100 Å². The number of ketones is 2. The third-order valence-electron chi connectivity index (χ3n) is 11.3. The van der Waals surface area contributed by atoms with E-state index in [4.69, 9.17) is 31.2 Å². The van der Waals surface area contributed by atoms with Crippen LogP contribution in [-0.4, -0.2) is 83.3 Å². The van der Waals surface area contributed by atoms with Gasteiger partial charge in [0.05, 0.1) is 0 Å². The summed E-state index contributed by atoms with van der Waals surface area (Å²) in [6.07, 6.45) is 26.2. The summed E-state index contributed by atoms with van der Waals surface area (Å²) in [5.74, 6) is -2.69. The van der Waals surface area contributed by atoms with Crippen molar-refractivity contribution in [3.05, 3.63) is 130 Å². The molecule has 0 aromatic rings. The van der Waals surface area contributed by atoms with Crippen molar-refractivity contribution in [1.82, 2.24) is 10.6 Å². The number of Topliss-reactive ketones (excluding diaryl/α,β-unsaturated/α-hetero) is 2. The van der Waals surface area contributed by atoms with Crippen molar-refractivity contribution in [2.75, 3.05) is 13.1 Å². The number of allylic oxidation sites excluding steroid dienone is 20. The number of alkyl carbamates (subject to hydrolysis) is 2. The minimum absolute atomic E-state index is 0.188. The third kappa shape index (κ3) is 19.2. The zero-order chi connectivity index (χ0) is 49.8. The van der Waals surface area contributed by atoms with Crippen LogP contribution in [0.15, 0.2) is 130 Å². The molecule has 0 aromatic heterocycles. The molecule has 0 saturated heterocycles. The number of carbonyl (C=O) groups is 6. The van der Waals surface area contributed by atoms with Crippen molar-refractivity contribution in [3.8, 4) is 0 Å². The van der Waals surface area contributed by atoms with Crippen molar-refractivity contribution in [2.45, 2.75) is 132 Å². The molecule has 0 saturated carbocycles. The van der Waals surface area contributed by atoms with Gasteiger partial charge in [-0.3, -0.25) is 19.2 Å². The van der Waals surface area contributed by atoms with Crippen LogP contribution in [-0.2, 0) is 28.7 Å². The molecule has 0 spiro atoms. The van der Waals surface area contributed by atoms with Crippen LogP contribution in [0.25, 0.3) is 0 Å². The summed E-state index contributed by atoms with van der Waals surface area (Å²) in [5, 5.41) is 22.9. The molecule has 0 aliphatic heterocycles. The van der Waals surface area contributed by atoms with E-state index in [0.717, 1.165) is 33.4 Å². The Morgan fingerprint density at radius 1 is 0.606 bits per heavy atom. The van der Waals surface area contributed by atoms with Gasteiger partial charge in [0.25, 0.3) is 0 Å². The maximum absolute atomic E-state index is 13.2. The highest BCUT2D eigenvalue weighted by molar-refractivity contribution is 6.02. The number of amides is 2. The molecule has 0 aromatic carbocycles. The van der Waals surface area contributed by atoms with Crippen LogP contribution < -0.4 is 22.1 Å². The van der Waals surface area contributed by atoms with E-state index in [1.54, 1.807) is 13.8 Å². The first-order valence-corrected chi connectivity index (χ1v) is 22.3. The van der Waals surface area contributed by atoms with E-state index in [1.165, 1.54) is 0 Å². The maximum Gasteiger partial charge on any atom is 0.407 e. The van der Waals surface area contributed by atoms with Crippen molar-refractivity contribution in [2.24, 2.45) is 22.3 Å². The number of rotatable bonds is 22. The average Bonchev–Trinajstić information content (AvgIpc) is 3.22. The normalized spacial score (nSPS) is 20.8. The first kappa shape index (κ1) is 56.0. The maximum atomic E-state index is 13.2. The van der Waals surface area contributed by atoms with Gasteiger partial charge in [0.2, 0.25) is 0 Å². The third-order valence-corrected chi connectivity index (χ3v) is 11.3. The summed E-state index contributed by atoms with van der Waals surface area (Å²) in [5.41, 5.74) is 17.0. The standard InChI is InChI=1S/C52H72N4O10/c1-33(19-13-21-35(3)25-27-39-37(5)45(57)43(31-51(39,7)8)65-49(63)55-29-15-23-41(53)47(59)60)17-11-12-18-34(2)20-14-22-36(4)26-28-40-38(6)46(58)44(32-52(40,9)10)66-50(64)56-30-16-24-42(54)48(61)62/h11-14,17-22,25-28,41-44H,15-16,23-24,29-32,53-54H2,1-10H3,(H,55,63)(H,56,64)(H,59,60)(H,61,62)/b12-11+,19-13+,20-14+,27-25+,28-26+,33-17+,34-18+,35-21+,36-22+. The largest absolute Gasteiger partial charge is 0.480 e. The van der Waals surface area contributed by atoms with Gasteiger partial charge in [-0.1, -0.05) is 135 Å². The lowest BCUT2D eigenvalue weighted by atomic mass is 9.71. The van der Waals surface area contributed by atoms with Crippen LogP contribution in [0.1, 0.15) is 108 Å². The van der Waals surface area contributed by atoms with E-state index >= 15 is 0 Å². The second-order valence-electron chi connectivity index (χ2n) is 18.2. The van der Waals surface area contributed by atoms with Crippen molar-refractivity contribution in [1.29, 1.82) is 0 Å². The van der Waals surface area contributed by atoms with Gasteiger partial charge >= 0.3 is 24.1 Å². The molecule has 4 atom stereocenters. The zero-order valence-corrected chi connectivity index (χ0v) is 40.4. The van der Waals surface area contributed by atoms with Crippen LogP contribution in [0, 0.1) is 10.8 Å². The van der Waals surface area contributed by atoms with Crippen molar-refractivity contribution >= 4 is 35.7 Å². The van der Waals surface area contributed by atoms with Crippen molar-refractivity contribution in [3.63, 3.8) is 0 Å². The first-order chi connectivity index (χ1) is 30.9. The lowest BCUT2D eigenvalue weighted by Crippen LogP contribution is -2.41. The van der Waals surface area contributed by atoms with Gasteiger partial charge in [-0.2, -0.15) is 0 Å². The van der Waals surface area contributed by atoms with Crippen LogP contribution >= 0.6 is 0 Å². The number of ether oxygens (including phenoxy) is 2. The zero-order valence-electron chi connectivity index (χ0n) is 40.4. The molecule has 14 nitrogen and oxygen atoms in total. The van der Waals surface area contributed by atoms with Gasteiger partial charge in [0.1, 0.15) is 12.1 Å². The van der Waals surface area contributed by atoms with E-state index in [0.29, 0.717) is 36.8 Å². The van der Waals surface area contributed by atoms with E-state index in [-0.39, 0.29) is 37.5 Å². The molecule has 14 heteroatoms. The van der Waals surface area contributed by atoms with Crippen LogP contribution in [0.2, 0.25) is 0 Å². The van der Waals surface area contributed by atoms with Gasteiger partial charge in [-0.15, -0.1) is 0 Å². The number of carboxylic acid groups (broad SMARTS) is 2. The molecule has 2 aliphatic rings. The molecule has 2 amide bonds. The number of aliphatic carboxylic acids is 2. The lowest BCUT2D eigenvalue weighted by Gasteiger charge is -2.36. The highest BCUT2D eigenvalue weighted by Crippen LogP contribution is 2.42. The van der Waals surface area contributed by atoms with E-state index in [9.17, 15) is 28.8 Å². The molecule has 2 rings (SSSR count). The molecular formula is C52H72N4O10. The average molecular weight is 913 g/mol. The van der Waals surface area contributed by atoms with E-state index < -0.39 is 59.2 Å². The number of hydrogen-bond acceptors (Lipinski definition) is 10. The van der Waals surface area contributed by atoms with Gasteiger partial charge in [-0.25, -0.2) is 9.59 Å². The highest BCUT2D eigenvalue weighted by atomic mass is 16.6. The number of nitrogens with two attached hydrogens (primary N) is 2. The Hall–Kier alpha value is -6.12. The number of carboxylic acids is 2. The predicted molar refractivity (Wildman–Crippen MR) is 259 cm³/mol. The topological polar surface area (TPSA) is 237 Å². The molecule has 2 aliphatic carbocycles. The number of hydrogen-bond donors (Lipinski definition) is 6. The summed E-state index contributed by atoms with van der Waals surface area (Å²) in [6, 6.07) is -2.00. The number of nitrogens with one attached hydrogen (secondary N) is 2. The predicted octanol–water partition coefficient (Wildman–Crippen LogP) is 8.76. The minimum atomic E-state index is -1.10. The molecule has 66 heavy (non-hydrogen) atoms. The summed E-state index contributed by atoms with van der Waals surface area (Å²) in [7, 11) is 0. The summed E-state index contributed by atoms with van der Waals surface area (Å²) in [6.45, 7) is 19.9. The number of carbonyl (C=O) groups excluding carboxylic acids is 4. The molecule has 8 N–H and O–H groups in total. The monoisotopic (exact) mass is 913 g/mol. The van der Waals surface area contributed by atoms with Crippen LogP contribution in [0.4, 0.5) is 9.59 Å². The molecule has 0 heterocycles. The fourth-order valence-electron chi connectivity index (χ4n) is 7.37. The summed E-state index contributed by atoms with van der Waals surface area (Å²) >= 11 is 0. The van der Waals surface area contributed by atoms with Crippen LogP contribution in [0.3, 0.4) is 0 Å².